The highest BCUT2D eigenvalue weighted by molar-refractivity contribution is 5.69. The number of pyridine rings is 2. The van der Waals surface area contributed by atoms with E-state index < -0.39 is 0 Å². The topological polar surface area (TPSA) is 77.8 Å². The minimum Gasteiger partial charge on any atom is -0.396 e. The zero-order valence-corrected chi connectivity index (χ0v) is 8.44. The minimum atomic E-state index is 0.365. The lowest BCUT2D eigenvalue weighted by Gasteiger charge is -2.06. The van der Waals surface area contributed by atoms with Crippen LogP contribution in [0.5, 0.6) is 0 Å². The van der Waals surface area contributed by atoms with Crippen LogP contribution in [0.1, 0.15) is 5.56 Å². The Morgan fingerprint density at radius 2 is 1.93 bits per heavy atom. The number of aryl methyl sites for hydroxylation is 1. The molecule has 0 amide bonds. The first-order valence-corrected chi connectivity index (χ1v) is 4.61. The molecule has 2 aromatic rings. The van der Waals surface area contributed by atoms with Crippen LogP contribution in [0.15, 0.2) is 30.6 Å². The molecule has 76 valence electrons. The van der Waals surface area contributed by atoms with E-state index in [2.05, 4.69) is 9.97 Å². The van der Waals surface area contributed by atoms with Gasteiger partial charge in [0.15, 0.2) is 0 Å². The molecule has 0 saturated heterocycles. The van der Waals surface area contributed by atoms with Crippen molar-refractivity contribution in [1.82, 2.24) is 9.97 Å². The highest BCUT2D eigenvalue weighted by atomic mass is 14.9. The highest BCUT2D eigenvalue weighted by Gasteiger charge is 2.04. The minimum absolute atomic E-state index is 0.365. The summed E-state index contributed by atoms with van der Waals surface area (Å²) in [5.74, 6) is 0.365. The zero-order chi connectivity index (χ0) is 10.8. The van der Waals surface area contributed by atoms with Crippen molar-refractivity contribution >= 4 is 11.5 Å². The summed E-state index contributed by atoms with van der Waals surface area (Å²) < 4.78 is 0. The van der Waals surface area contributed by atoms with Gasteiger partial charge >= 0.3 is 0 Å². The summed E-state index contributed by atoms with van der Waals surface area (Å²) in [5, 5.41) is 0. The van der Waals surface area contributed by atoms with Gasteiger partial charge in [0.05, 0.1) is 11.4 Å². The largest absolute Gasteiger partial charge is 0.396 e. The molecule has 15 heavy (non-hydrogen) atoms. The first-order chi connectivity index (χ1) is 7.18. The van der Waals surface area contributed by atoms with E-state index in [1.807, 2.05) is 19.1 Å². The van der Waals surface area contributed by atoms with Crippen molar-refractivity contribution in [3.8, 4) is 11.3 Å². The van der Waals surface area contributed by atoms with Crippen molar-refractivity contribution in [3.05, 3.63) is 36.2 Å². The van der Waals surface area contributed by atoms with Gasteiger partial charge in [0.2, 0.25) is 0 Å². The molecule has 0 spiro atoms. The summed E-state index contributed by atoms with van der Waals surface area (Å²) in [6.45, 7) is 1.98. The fourth-order valence-corrected chi connectivity index (χ4v) is 1.40. The molecule has 4 N–H and O–H groups in total. The fraction of sp³-hybridized carbons (Fsp3) is 0.0909. The molecule has 0 atom stereocenters. The van der Waals surface area contributed by atoms with Crippen LogP contribution in [0.25, 0.3) is 11.3 Å². The lowest BCUT2D eigenvalue weighted by Crippen LogP contribution is -1.99. The van der Waals surface area contributed by atoms with Gasteiger partial charge in [0.25, 0.3) is 0 Å². The van der Waals surface area contributed by atoms with Crippen LogP contribution in [0.3, 0.4) is 0 Å². The van der Waals surface area contributed by atoms with Crippen molar-refractivity contribution in [2.75, 3.05) is 11.5 Å². The SMILES string of the molecule is Cc1cnccc1-c1ccc(N)c(N)n1. The Bertz CT molecular complexity index is 494. The molecular weight excluding hydrogens is 188 g/mol. The second-order valence-electron chi connectivity index (χ2n) is 3.36. The van der Waals surface area contributed by atoms with Crippen molar-refractivity contribution in [2.24, 2.45) is 0 Å². The first kappa shape index (κ1) is 9.45. The lowest BCUT2D eigenvalue weighted by atomic mass is 10.1. The third kappa shape index (κ3) is 1.74. The Kier molecular flexibility index (Phi) is 2.25. The third-order valence-corrected chi connectivity index (χ3v) is 2.25. The van der Waals surface area contributed by atoms with Gasteiger partial charge in [-0.2, -0.15) is 0 Å². The summed E-state index contributed by atoms with van der Waals surface area (Å²) in [7, 11) is 0. The number of rotatable bonds is 1. The highest BCUT2D eigenvalue weighted by Crippen LogP contribution is 2.23. The number of aromatic nitrogens is 2. The molecule has 2 aromatic heterocycles. The standard InChI is InChI=1S/C11H12N4/c1-7-6-14-5-4-8(7)10-3-2-9(12)11(13)15-10/h2-6H,12H2,1H3,(H2,13,15). The van der Waals surface area contributed by atoms with Crippen molar-refractivity contribution < 1.29 is 0 Å². The van der Waals surface area contributed by atoms with Crippen molar-refractivity contribution in [3.63, 3.8) is 0 Å². The predicted molar refractivity (Wildman–Crippen MR) is 61.0 cm³/mol. The van der Waals surface area contributed by atoms with Gasteiger partial charge in [-0.25, -0.2) is 4.98 Å². The maximum Gasteiger partial charge on any atom is 0.147 e. The van der Waals surface area contributed by atoms with Crippen LogP contribution in [-0.4, -0.2) is 9.97 Å². The first-order valence-electron chi connectivity index (χ1n) is 4.61. The molecule has 0 bridgehead atoms. The quantitative estimate of drug-likeness (QED) is 0.733. The summed E-state index contributed by atoms with van der Waals surface area (Å²) in [6.07, 6.45) is 3.53. The van der Waals surface area contributed by atoms with Gasteiger partial charge < -0.3 is 11.5 Å². The molecule has 0 aromatic carbocycles. The Balaban J connectivity index is 2.55. The second-order valence-corrected chi connectivity index (χ2v) is 3.36. The van der Waals surface area contributed by atoms with Gasteiger partial charge in [-0.15, -0.1) is 0 Å². The van der Waals surface area contributed by atoms with Gasteiger partial charge in [0.1, 0.15) is 5.82 Å². The molecule has 0 saturated carbocycles. The maximum atomic E-state index is 5.66. The Morgan fingerprint density at radius 3 is 2.60 bits per heavy atom. The number of nitrogen functional groups attached to an aromatic ring is 2. The number of hydrogen-bond donors (Lipinski definition) is 2. The molecule has 0 radical (unpaired) electrons. The zero-order valence-electron chi connectivity index (χ0n) is 8.44. The van der Waals surface area contributed by atoms with E-state index >= 15 is 0 Å². The van der Waals surface area contributed by atoms with E-state index in [1.165, 1.54) is 0 Å². The van der Waals surface area contributed by atoms with E-state index in [0.29, 0.717) is 11.5 Å². The average Bonchev–Trinajstić information content (AvgIpc) is 2.23. The molecule has 4 nitrogen and oxygen atoms in total. The molecule has 2 heterocycles. The number of nitrogens with two attached hydrogens (primary N) is 2. The second kappa shape index (κ2) is 3.57. The predicted octanol–water partition coefficient (Wildman–Crippen LogP) is 1.62. The van der Waals surface area contributed by atoms with Crippen LogP contribution < -0.4 is 11.5 Å². The lowest BCUT2D eigenvalue weighted by molar-refractivity contribution is 1.24. The van der Waals surface area contributed by atoms with Gasteiger partial charge in [-0.3, -0.25) is 4.98 Å². The summed E-state index contributed by atoms with van der Waals surface area (Å²) in [5.41, 5.74) is 14.7. The van der Waals surface area contributed by atoms with Crippen LogP contribution >= 0.6 is 0 Å². The molecule has 0 unspecified atom stereocenters. The molecule has 0 fully saturated rings. The maximum absolute atomic E-state index is 5.66. The number of anilines is 2. The van der Waals surface area contributed by atoms with Crippen LogP contribution in [-0.2, 0) is 0 Å². The van der Waals surface area contributed by atoms with Gasteiger partial charge in [-0.05, 0) is 30.7 Å². The molecule has 0 aliphatic rings. The van der Waals surface area contributed by atoms with Gasteiger partial charge in [-0.1, -0.05) is 0 Å². The average molecular weight is 200 g/mol. The summed E-state index contributed by atoms with van der Waals surface area (Å²) in [6, 6.07) is 5.53. The molecule has 0 aliphatic carbocycles. The Labute approximate surface area is 88.0 Å². The third-order valence-electron chi connectivity index (χ3n) is 2.25. The Hall–Kier alpha value is -2.10. The smallest absolute Gasteiger partial charge is 0.147 e. The van der Waals surface area contributed by atoms with Crippen molar-refractivity contribution in [1.29, 1.82) is 0 Å². The van der Waals surface area contributed by atoms with E-state index in [0.717, 1.165) is 16.8 Å². The molecule has 0 aliphatic heterocycles. The number of nitrogens with zero attached hydrogens (tertiary/aromatic N) is 2. The Morgan fingerprint density at radius 1 is 1.13 bits per heavy atom. The van der Waals surface area contributed by atoms with E-state index in [4.69, 9.17) is 11.5 Å². The van der Waals surface area contributed by atoms with E-state index in [-0.39, 0.29) is 0 Å². The van der Waals surface area contributed by atoms with E-state index in [9.17, 15) is 0 Å². The fourth-order valence-electron chi connectivity index (χ4n) is 1.40. The molecular formula is C11H12N4. The summed E-state index contributed by atoms with van der Waals surface area (Å²) >= 11 is 0. The monoisotopic (exact) mass is 200 g/mol. The molecule has 2 rings (SSSR count). The normalized spacial score (nSPS) is 10.2. The van der Waals surface area contributed by atoms with Gasteiger partial charge in [0, 0.05) is 18.0 Å². The van der Waals surface area contributed by atoms with Crippen LogP contribution in [0.2, 0.25) is 0 Å². The molecule has 4 heteroatoms. The van der Waals surface area contributed by atoms with Crippen LogP contribution in [0, 0.1) is 6.92 Å². The van der Waals surface area contributed by atoms with Crippen LogP contribution in [0.4, 0.5) is 11.5 Å². The summed E-state index contributed by atoms with van der Waals surface area (Å²) in [4.78, 5) is 8.26. The number of hydrogen-bond acceptors (Lipinski definition) is 4. The van der Waals surface area contributed by atoms with Crippen molar-refractivity contribution in [2.45, 2.75) is 6.92 Å². The van der Waals surface area contributed by atoms with E-state index in [1.54, 1.807) is 18.5 Å².